The van der Waals surface area contributed by atoms with Crippen molar-refractivity contribution in [3.8, 4) is 0 Å². The second kappa shape index (κ2) is 8.16. The third kappa shape index (κ3) is 4.79. The first kappa shape index (κ1) is 20.1. The molecule has 0 atom stereocenters. The van der Waals surface area contributed by atoms with Gasteiger partial charge in [0.15, 0.2) is 12.2 Å². The van der Waals surface area contributed by atoms with Crippen LogP contribution >= 0.6 is 11.6 Å². The van der Waals surface area contributed by atoms with E-state index in [9.17, 15) is 0 Å². The topological polar surface area (TPSA) is 67.1 Å². The lowest BCUT2D eigenvalue weighted by Crippen LogP contribution is -2.34. The van der Waals surface area contributed by atoms with E-state index in [1.165, 1.54) is 6.39 Å². The highest BCUT2D eigenvalue weighted by Gasteiger charge is 2.18. The van der Waals surface area contributed by atoms with Gasteiger partial charge in [0.05, 0.1) is 31.9 Å². The average molecular weight is 402 g/mol. The molecule has 2 heterocycles. The minimum absolute atomic E-state index is 0.558. The number of oxazole rings is 1. The molecule has 0 unspecified atom stereocenters. The zero-order valence-corrected chi connectivity index (χ0v) is 17.7. The van der Waals surface area contributed by atoms with E-state index in [1.807, 2.05) is 49.2 Å². The number of benzene rings is 1. The van der Waals surface area contributed by atoms with Gasteiger partial charge in [0.1, 0.15) is 23.8 Å². The first-order chi connectivity index (χ1) is 13.3. The van der Waals surface area contributed by atoms with E-state index in [2.05, 4.69) is 36.4 Å². The number of aromatic nitrogens is 3. The minimum atomic E-state index is 0.558. The van der Waals surface area contributed by atoms with E-state index in [-0.39, 0.29) is 0 Å². The molecule has 28 heavy (non-hydrogen) atoms. The number of aryl methyl sites for hydroxylation is 1. The van der Waals surface area contributed by atoms with Crippen molar-refractivity contribution in [1.82, 2.24) is 15.0 Å². The Morgan fingerprint density at radius 2 is 1.93 bits per heavy atom. The van der Waals surface area contributed by atoms with Crippen LogP contribution in [-0.4, -0.2) is 47.6 Å². The summed E-state index contributed by atoms with van der Waals surface area (Å²) < 4.78 is 6.16. The molecular weight excluding hydrogens is 376 g/mol. The molecule has 7 nitrogen and oxygen atoms in total. The van der Waals surface area contributed by atoms with E-state index >= 15 is 0 Å². The molecule has 0 aliphatic carbocycles. The van der Waals surface area contributed by atoms with E-state index in [0.29, 0.717) is 22.6 Å². The highest BCUT2D eigenvalue weighted by atomic mass is 35.5. The van der Waals surface area contributed by atoms with E-state index < -0.39 is 0 Å². The van der Waals surface area contributed by atoms with Gasteiger partial charge in [-0.05, 0) is 12.1 Å². The van der Waals surface area contributed by atoms with Crippen LogP contribution in [0.2, 0.25) is 5.02 Å². The number of hydrogen-bond donors (Lipinski definition) is 1. The highest BCUT2D eigenvalue weighted by Crippen LogP contribution is 2.30. The second-order valence-corrected chi connectivity index (χ2v) is 8.01. The summed E-state index contributed by atoms with van der Waals surface area (Å²) in [5.74, 6) is 2.68. The van der Waals surface area contributed by atoms with Crippen LogP contribution in [0.15, 0.2) is 41.1 Å². The van der Waals surface area contributed by atoms with Crippen LogP contribution in [0.5, 0.6) is 0 Å². The van der Waals surface area contributed by atoms with Crippen LogP contribution < -0.4 is 10.2 Å². The Hall–Kier alpha value is -2.64. The molecule has 0 spiro atoms. The fraction of sp³-hybridized carbons (Fsp3) is 0.350. The summed E-state index contributed by atoms with van der Waals surface area (Å²) in [6.07, 6.45) is 2.18. The minimum Gasteiger partial charge on any atom is -0.446 e. The van der Waals surface area contributed by atoms with E-state index in [1.54, 1.807) is 0 Å². The van der Waals surface area contributed by atoms with Crippen molar-refractivity contribution >= 4 is 34.9 Å². The molecule has 1 aromatic carbocycles. The van der Waals surface area contributed by atoms with Crippen LogP contribution in [0.1, 0.15) is 18.4 Å². The Morgan fingerprint density at radius 3 is 2.61 bits per heavy atom. The number of anilines is 4. The molecule has 3 rings (SSSR count). The Kier molecular flexibility index (Phi) is 5.86. The van der Waals surface area contributed by atoms with Crippen LogP contribution in [0.3, 0.4) is 0 Å². The summed E-state index contributed by atoms with van der Waals surface area (Å²) in [7, 11) is 8.28. The largest absolute Gasteiger partial charge is 0.446 e. The van der Waals surface area contributed by atoms with Gasteiger partial charge >= 0.3 is 0 Å². The molecule has 0 saturated carbocycles. The van der Waals surface area contributed by atoms with Crippen LogP contribution in [-0.2, 0) is 13.0 Å². The molecular formula is C20H26ClN6O+. The van der Waals surface area contributed by atoms with Crippen molar-refractivity contribution in [3.63, 3.8) is 0 Å². The Balaban J connectivity index is 2.01. The lowest BCUT2D eigenvalue weighted by atomic mass is 10.3. The lowest BCUT2D eigenvalue weighted by Gasteiger charge is -2.25. The van der Waals surface area contributed by atoms with Crippen LogP contribution in [0.25, 0.3) is 0 Å². The predicted octanol–water partition coefficient (Wildman–Crippen LogP) is 4.40. The summed E-state index contributed by atoms with van der Waals surface area (Å²) in [6.45, 7) is 2.77. The fourth-order valence-electron chi connectivity index (χ4n) is 2.84. The standard InChI is InChI=1S/C20H26ClN6O/c1-6-17-19(22-13-28-17)24-18-11-14(12-27(3,4)5)23-20(25-18)26(2)16-10-8-7-9-15(16)21/h7-11,13H,6,12H2,1-5H3,(H,23,24,25)/q+1. The number of quaternary nitrogens is 1. The quantitative estimate of drug-likeness (QED) is 0.592. The number of hydrogen-bond acceptors (Lipinski definition) is 6. The van der Waals surface area contributed by atoms with Crippen LogP contribution in [0.4, 0.5) is 23.3 Å². The van der Waals surface area contributed by atoms with Gasteiger partial charge in [0.2, 0.25) is 5.95 Å². The number of halogens is 1. The van der Waals surface area contributed by atoms with Crippen molar-refractivity contribution in [1.29, 1.82) is 0 Å². The fourth-order valence-corrected chi connectivity index (χ4v) is 3.10. The van der Waals surface area contributed by atoms with Gasteiger partial charge < -0.3 is 19.1 Å². The number of nitrogens with one attached hydrogen (secondary N) is 1. The Labute approximate surface area is 170 Å². The molecule has 0 amide bonds. The summed E-state index contributed by atoms with van der Waals surface area (Å²) in [4.78, 5) is 15.6. The maximum Gasteiger partial charge on any atom is 0.232 e. The maximum absolute atomic E-state index is 6.37. The first-order valence-corrected chi connectivity index (χ1v) is 9.50. The highest BCUT2D eigenvalue weighted by molar-refractivity contribution is 6.33. The smallest absolute Gasteiger partial charge is 0.232 e. The normalized spacial score (nSPS) is 11.5. The van der Waals surface area contributed by atoms with Crippen molar-refractivity contribution in [2.24, 2.45) is 0 Å². The molecule has 0 saturated heterocycles. The molecule has 148 valence electrons. The molecule has 3 aromatic rings. The Bertz CT molecular complexity index is 950. The third-order valence-electron chi connectivity index (χ3n) is 4.13. The molecule has 0 radical (unpaired) electrons. The lowest BCUT2D eigenvalue weighted by molar-refractivity contribution is -0.884. The monoisotopic (exact) mass is 401 g/mol. The third-order valence-corrected chi connectivity index (χ3v) is 4.45. The van der Waals surface area contributed by atoms with Crippen molar-refractivity contribution in [2.45, 2.75) is 19.9 Å². The van der Waals surface area contributed by atoms with Gasteiger partial charge in [0.25, 0.3) is 0 Å². The Morgan fingerprint density at radius 1 is 1.18 bits per heavy atom. The van der Waals surface area contributed by atoms with Gasteiger partial charge in [-0.3, -0.25) is 0 Å². The zero-order valence-electron chi connectivity index (χ0n) is 16.9. The number of nitrogens with zero attached hydrogens (tertiary/aromatic N) is 5. The maximum atomic E-state index is 6.37. The molecule has 8 heteroatoms. The summed E-state index contributed by atoms with van der Waals surface area (Å²) in [5, 5.41) is 3.91. The van der Waals surface area contributed by atoms with E-state index in [0.717, 1.165) is 34.6 Å². The summed E-state index contributed by atoms with van der Waals surface area (Å²) >= 11 is 6.37. The van der Waals surface area contributed by atoms with E-state index in [4.69, 9.17) is 21.0 Å². The van der Waals surface area contributed by atoms with Gasteiger partial charge in [-0.15, -0.1) is 0 Å². The van der Waals surface area contributed by atoms with Gasteiger partial charge in [-0.2, -0.15) is 9.97 Å². The van der Waals surface area contributed by atoms with Crippen molar-refractivity contribution in [3.05, 3.63) is 53.2 Å². The number of para-hydroxylation sites is 1. The van der Waals surface area contributed by atoms with Gasteiger partial charge in [-0.25, -0.2) is 4.98 Å². The molecule has 0 fully saturated rings. The molecule has 0 bridgehead atoms. The van der Waals surface area contributed by atoms with Crippen molar-refractivity contribution in [2.75, 3.05) is 38.4 Å². The average Bonchev–Trinajstić information content (AvgIpc) is 3.07. The molecule has 2 aromatic heterocycles. The van der Waals surface area contributed by atoms with Crippen molar-refractivity contribution < 1.29 is 8.90 Å². The molecule has 0 aliphatic heterocycles. The second-order valence-electron chi connectivity index (χ2n) is 7.61. The molecule has 1 N–H and O–H groups in total. The van der Waals surface area contributed by atoms with Gasteiger partial charge in [-0.1, -0.05) is 30.7 Å². The number of rotatable bonds is 7. The molecule has 0 aliphatic rings. The van der Waals surface area contributed by atoms with Gasteiger partial charge in [0, 0.05) is 19.5 Å². The predicted molar refractivity (Wildman–Crippen MR) is 112 cm³/mol. The zero-order chi connectivity index (χ0) is 20.3. The summed E-state index contributed by atoms with van der Waals surface area (Å²) in [6, 6.07) is 9.58. The SMILES string of the molecule is CCc1ocnc1Nc1cc(C[N+](C)(C)C)nc(N(C)c2ccccc2Cl)n1. The first-order valence-electron chi connectivity index (χ1n) is 9.13. The summed E-state index contributed by atoms with van der Waals surface area (Å²) in [5.41, 5.74) is 1.76. The van der Waals surface area contributed by atoms with Crippen LogP contribution in [0, 0.1) is 0 Å².